The highest BCUT2D eigenvalue weighted by atomic mass is 32.2. The van der Waals surface area contributed by atoms with Crippen LogP contribution in [0.2, 0.25) is 0 Å². The van der Waals surface area contributed by atoms with E-state index < -0.39 is 10.0 Å². The van der Waals surface area contributed by atoms with Crippen molar-refractivity contribution in [3.8, 4) is 0 Å². The van der Waals surface area contributed by atoms with Crippen LogP contribution in [0.5, 0.6) is 0 Å². The van der Waals surface area contributed by atoms with E-state index in [4.69, 9.17) is 0 Å². The molecule has 0 radical (unpaired) electrons. The molecule has 2 rings (SSSR count). The number of carbonyl (C=O) groups is 1. The molecule has 0 aliphatic carbocycles. The summed E-state index contributed by atoms with van der Waals surface area (Å²) >= 11 is 0. The van der Waals surface area contributed by atoms with E-state index in [0.29, 0.717) is 0 Å². The fourth-order valence-corrected chi connectivity index (χ4v) is 4.00. The van der Waals surface area contributed by atoms with Crippen LogP contribution in [0.25, 0.3) is 0 Å². The van der Waals surface area contributed by atoms with Crippen LogP contribution < -0.4 is 10.0 Å². The summed E-state index contributed by atoms with van der Waals surface area (Å²) in [4.78, 5) is 12.4. The van der Waals surface area contributed by atoms with Gasteiger partial charge in [-0.15, -0.1) is 0 Å². The zero-order valence-electron chi connectivity index (χ0n) is 16.6. The van der Waals surface area contributed by atoms with Crippen molar-refractivity contribution < 1.29 is 13.2 Å². The molecule has 1 amide bonds. The lowest BCUT2D eigenvalue weighted by molar-refractivity contribution is -0.121. The Morgan fingerprint density at radius 2 is 1.63 bits per heavy atom. The third kappa shape index (κ3) is 5.65. The Hall–Kier alpha value is -2.18. The van der Waals surface area contributed by atoms with Crippen LogP contribution in [0.4, 0.5) is 0 Å². The second-order valence-corrected chi connectivity index (χ2v) is 8.81. The highest BCUT2D eigenvalue weighted by molar-refractivity contribution is 7.89. The molecule has 1 unspecified atom stereocenters. The van der Waals surface area contributed by atoms with E-state index in [1.165, 1.54) is 0 Å². The van der Waals surface area contributed by atoms with Crippen LogP contribution in [0.15, 0.2) is 41.3 Å². The van der Waals surface area contributed by atoms with Gasteiger partial charge in [0.05, 0.1) is 10.9 Å². The fourth-order valence-electron chi connectivity index (χ4n) is 2.88. The van der Waals surface area contributed by atoms with Crippen molar-refractivity contribution in [1.82, 2.24) is 10.0 Å². The Kier molecular flexibility index (Phi) is 6.78. The van der Waals surface area contributed by atoms with Crippen LogP contribution in [0.1, 0.15) is 47.2 Å². The molecule has 6 heteroatoms. The first-order chi connectivity index (χ1) is 12.6. The van der Waals surface area contributed by atoms with Gasteiger partial charge in [0.2, 0.25) is 15.9 Å². The Morgan fingerprint density at radius 3 is 2.30 bits per heavy atom. The number of hydrogen-bond donors (Lipinski definition) is 2. The van der Waals surface area contributed by atoms with Crippen LogP contribution in [0, 0.1) is 27.7 Å². The number of sulfonamides is 1. The van der Waals surface area contributed by atoms with Crippen molar-refractivity contribution in [1.29, 1.82) is 0 Å². The van der Waals surface area contributed by atoms with Gasteiger partial charge in [0, 0.05) is 13.0 Å². The number of aryl methyl sites for hydroxylation is 4. The summed E-state index contributed by atoms with van der Waals surface area (Å²) in [5, 5.41) is 2.93. The first kappa shape index (κ1) is 21.1. The maximum Gasteiger partial charge on any atom is 0.240 e. The molecule has 0 fully saturated rings. The smallest absolute Gasteiger partial charge is 0.240 e. The molecule has 0 aromatic heterocycles. The van der Waals surface area contributed by atoms with Gasteiger partial charge in [-0.1, -0.05) is 29.8 Å². The summed E-state index contributed by atoms with van der Waals surface area (Å²) < 4.78 is 27.2. The predicted molar refractivity (Wildman–Crippen MR) is 108 cm³/mol. The molecule has 2 N–H and O–H groups in total. The van der Waals surface area contributed by atoms with E-state index in [0.717, 1.165) is 27.8 Å². The van der Waals surface area contributed by atoms with Crippen LogP contribution >= 0.6 is 0 Å². The highest BCUT2D eigenvalue weighted by Gasteiger charge is 2.16. The normalized spacial score (nSPS) is 12.6. The van der Waals surface area contributed by atoms with Crippen molar-refractivity contribution in [3.05, 3.63) is 64.2 Å². The lowest BCUT2D eigenvalue weighted by atomic mass is 10.00. The Balaban J connectivity index is 1.91. The summed E-state index contributed by atoms with van der Waals surface area (Å²) in [7, 11) is -3.62. The SMILES string of the molecule is Cc1ccc(C)c(C(C)NC(=O)CCNS(=O)(=O)c2ccc(C)c(C)c2)c1. The van der Waals surface area contributed by atoms with Gasteiger partial charge < -0.3 is 5.32 Å². The zero-order chi connectivity index (χ0) is 20.2. The van der Waals surface area contributed by atoms with Crippen LogP contribution in [-0.2, 0) is 14.8 Å². The standard InChI is InChI=1S/C21H28N2O3S/c1-14-6-7-16(3)20(12-14)18(5)23-21(24)10-11-22-27(25,26)19-9-8-15(2)17(4)13-19/h6-9,12-13,18,22H,10-11H2,1-5H3,(H,23,24). The van der Waals surface area contributed by atoms with Gasteiger partial charge in [-0.05, 0) is 69.0 Å². The molecule has 0 saturated heterocycles. The van der Waals surface area contributed by atoms with Gasteiger partial charge in [0.15, 0.2) is 0 Å². The van der Waals surface area contributed by atoms with Crippen molar-refractivity contribution in [2.45, 2.75) is 52.0 Å². The summed E-state index contributed by atoms with van der Waals surface area (Å²) in [5.41, 5.74) is 5.27. The molecular formula is C21H28N2O3S. The third-order valence-corrected chi connectivity index (χ3v) is 6.17. The molecular weight excluding hydrogens is 360 g/mol. The first-order valence-electron chi connectivity index (χ1n) is 9.03. The van der Waals surface area contributed by atoms with E-state index in [9.17, 15) is 13.2 Å². The largest absolute Gasteiger partial charge is 0.350 e. The Bertz CT molecular complexity index is 936. The molecule has 0 heterocycles. The van der Waals surface area contributed by atoms with E-state index in [1.54, 1.807) is 18.2 Å². The lowest BCUT2D eigenvalue weighted by Gasteiger charge is -2.17. The van der Waals surface area contributed by atoms with E-state index in [2.05, 4.69) is 16.1 Å². The molecule has 5 nitrogen and oxygen atoms in total. The Morgan fingerprint density at radius 1 is 0.963 bits per heavy atom. The van der Waals surface area contributed by atoms with Crippen molar-refractivity contribution in [3.63, 3.8) is 0 Å². The van der Waals surface area contributed by atoms with Crippen LogP contribution in [0.3, 0.4) is 0 Å². The van der Waals surface area contributed by atoms with E-state index in [1.807, 2.05) is 46.8 Å². The van der Waals surface area contributed by atoms with Gasteiger partial charge in [-0.25, -0.2) is 13.1 Å². The maximum absolute atomic E-state index is 12.4. The second kappa shape index (κ2) is 8.67. The third-order valence-electron chi connectivity index (χ3n) is 4.71. The van der Waals surface area contributed by atoms with Gasteiger partial charge in [-0.3, -0.25) is 4.79 Å². The fraction of sp³-hybridized carbons (Fsp3) is 0.381. The molecule has 0 bridgehead atoms. The molecule has 0 aliphatic rings. The average molecular weight is 389 g/mol. The van der Waals surface area contributed by atoms with Gasteiger partial charge in [0.25, 0.3) is 0 Å². The predicted octanol–water partition coefficient (Wildman–Crippen LogP) is 3.47. The van der Waals surface area contributed by atoms with Gasteiger partial charge >= 0.3 is 0 Å². The molecule has 0 aliphatic heterocycles. The first-order valence-corrected chi connectivity index (χ1v) is 10.5. The minimum atomic E-state index is -3.62. The molecule has 146 valence electrons. The molecule has 2 aromatic carbocycles. The summed E-state index contributed by atoms with van der Waals surface area (Å²) in [6, 6.07) is 11.0. The van der Waals surface area contributed by atoms with E-state index >= 15 is 0 Å². The number of benzene rings is 2. The number of carbonyl (C=O) groups excluding carboxylic acids is 1. The molecule has 27 heavy (non-hydrogen) atoms. The summed E-state index contributed by atoms with van der Waals surface area (Å²) in [6.07, 6.45) is 0.0826. The lowest BCUT2D eigenvalue weighted by Crippen LogP contribution is -2.32. The topological polar surface area (TPSA) is 75.3 Å². The minimum absolute atomic E-state index is 0.0562. The van der Waals surface area contributed by atoms with Crippen LogP contribution in [-0.4, -0.2) is 20.9 Å². The number of amides is 1. The summed E-state index contributed by atoms with van der Waals surface area (Å²) in [6.45, 7) is 9.81. The van der Waals surface area contributed by atoms with E-state index in [-0.39, 0.29) is 29.8 Å². The van der Waals surface area contributed by atoms with Gasteiger partial charge in [-0.2, -0.15) is 0 Å². The zero-order valence-corrected chi connectivity index (χ0v) is 17.4. The second-order valence-electron chi connectivity index (χ2n) is 7.04. The number of nitrogens with one attached hydrogen (secondary N) is 2. The summed E-state index contributed by atoms with van der Waals surface area (Å²) in [5.74, 6) is -0.189. The average Bonchev–Trinajstić information content (AvgIpc) is 2.59. The highest BCUT2D eigenvalue weighted by Crippen LogP contribution is 2.19. The number of rotatable bonds is 7. The molecule has 2 aromatic rings. The Labute approximate surface area is 162 Å². The van der Waals surface area contributed by atoms with Gasteiger partial charge in [0.1, 0.15) is 0 Å². The molecule has 0 spiro atoms. The molecule has 1 atom stereocenters. The quantitative estimate of drug-likeness (QED) is 0.763. The minimum Gasteiger partial charge on any atom is -0.350 e. The van der Waals surface area contributed by atoms with Crippen molar-refractivity contribution in [2.75, 3.05) is 6.54 Å². The monoisotopic (exact) mass is 388 g/mol. The number of hydrogen-bond acceptors (Lipinski definition) is 3. The van der Waals surface area contributed by atoms with Crippen molar-refractivity contribution in [2.24, 2.45) is 0 Å². The molecule has 0 saturated carbocycles. The van der Waals surface area contributed by atoms with Crippen molar-refractivity contribution >= 4 is 15.9 Å². The maximum atomic E-state index is 12.4.